The fraction of sp³-hybridized carbons (Fsp3) is 0.480. The lowest BCUT2D eigenvalue weighted by molar-refractivity contribution is -0.117. The summed E-state index contributed by atoms with van der Waals surface area (Å²) in [7, 11) is 3.15. The second kappa shape index (κ2) is 11.7. The highest BCUT2D eigenvalue weighted by Crippen LogP contribution is 2.27. The lowest BCUT2D eigenvalue weighted by Gasteiger charge is -2.30. The normalized spacial score (nSPS) is 14.9. The summed E-state index contributed by atoms with van der Waals surface area (Å²) in [5, 5.41) is 2.84. The van der Waals surface area contributed by atoms with Crippen molar-refractivity contribution in [2.75, 3.05) is 40.2 Å². The Morgan fingerprint density at radius 2 is 1.68 bits per heavy atom. The summed E-state index contributed by atoms with van der Waals surface area (Å²) in [6.07, 6.45) is 5.10. The molecule has 2 aromatic carbocycles. The molecule has 186 valence electrons. The lowest BCUT2D eigenvalue weighted by Crippen LogP contribution is -2.38. The maximum Gasteiger partial charge on any atom is 0.243 e. The molecular formula is C25H35N3O5S. The topological polar surface area (TPSA) is 88.2 Å². The van der Waals surface area contributed by atoms with Crippen LogP contribution < -0.4 is 14.8 Å². The Morgan fingerprint density at radius 1 is 1.00 bits per heavy atom. The van der Waals surface area contributed by atoms with E-state index in [1.165, 1.54) is 10.7 Å². The Morgan fingerprint density at radius 3 is 2.29 bits per heavy atom. The molecule has 1 amide bonds. The number of amides is 1. The number of carbonyl (C=O) groups excluding carboxylic acids is 1. The summed E-state index contributed by atoms with van der Waals surface area (Å²) in [6, 6.07) is 12.0. The first-order valence-electron chi connectivity index (χ1n) is 11.5. The van der Waals surface area contributed by atoms with E-state index in [2.05, 4.69) is 5.32 Å². The third kappa shape index (κ3) is 6.49. The average molecular weight is 490 g/mol. The molecule has 8 nitrogen and oxygen atoms in total. The summed E-state index contributed by atoms with van der Waals surface area (Å²) >= 11 is 0. The summed E-state index contributed by atoms with van der Waals surface area (Å²) < 4.78 is 38.1. The van der Waals surface area contributed by atoms with Gasteiger partial charge in [0, 0.05) is 37.0 Å². The maximum atomic E-state index is 13.0. The molecular weight excluding hydrogens is 454 g/mol. The molecule has 1 fully saturated rings. The second-order valence-corrected chi connectivity index (χ2v) is 10.7. The zero-order chi connectivity index (χ0) is 24.7. The van der Waals surface area contributed by atoms with Gasteiger partial charge in [0.2, 0.25) is 15.9 Å². The van der Waals surface area contributed by atoms with Crippen LogP contribution in [-0.2, 0) is 21.4 Å². The lowest BCUT2D eigenvalue weighted by atomic mass is 9.96. The summed E-state index contributed by atoms with van der Waals surface area (Å²) in [5.74, 6) is 1.21. The summed E-state index contributed by atoms with van der Waals surface area (Å²) in [5.41, 5.74) is 1.50. The van der Waals surface area contributed by atoms with Crippen LogP contribution in [0.1, 0.15) is 37.7 Å². The van der Waals surface area contributed by atoms with Crippen LogP contribution in [0.4, 0.5) is 5.69 Å². The van der Waals surface area contributed by atoms with Crippen LogP contribution in [0.15, 0.2) is 47.4 Å². The highest BCUT2D eigenvalue weighted by Gasteiger charge is 2.29. The van der Waals surface area contributed by atoms with Crippen LogP contribution in [0.5, 0.6) is 11.5 Å². The van der Waals surface area contributed by atoms with Gasteiger partial charge < -0.3 is 14.8 Å². The average Bonchev–Trinajstić information content (AvgIpc) is 2.84. The molecule has 0 saturated heterocycles. The third-order valence-corrected chi connectivity index (χ3v) is 8.18. The molecule has 1 aliphatic rings. The number of hydrogen-bond acceptors (Lipinski definition) is 6. The number of methoxy groups -OCH3 is 2. The molecule has 34 heavy (non-hydrogen) atoms. The number of benzene rings is 2. The first kappa shape index (κ1) is 26.0. The monoisotopic (exact) mass is 489 g/mol. The molecule has 0 radical (unpaired) electrons. The van der Waals surface area contributed by atoms with E-state index in [9.17, 15) is 13.2 Å². The van der Waals surface area contributed by atoms with Gasteiger partial charge in [-0.2, -0.15) is 4.31 Å². The molecule has 1 N–H and O–H groups in total. The van der Waals surface area contributed by atoms with Gasteiger partial charge in [-0.1, -0.05) is 25.3 Å². The largest absolute Gasteiger partial charge is 0.497 e. The minimum absolute atomic E-state index is 0.0537. The molecule has 1 saturated carbocycles. The van der Waals surface area contributed by atoms with E-state index in [0.29, 0.717) is 23.7 Å². The minimum Gasteiger partial charge on any atom is -0.497 e. The standard InChI is InChI=1S/C25H35N3O5S/c1-27(17-19-10-13-22(32-3)16-24(19)33-4)18-25(29)26-20-11-14-23(15-12-20)34(30,31)28(2)21-8-6-5-7-9-21/h10-16,21H,5-9,17-18H2,1-4H3,(H,26,29). The number of nitrogens with one attached hydrogen (secondary N) is 1. The molecule has 0 aromatic heterocycles. The number of hydrogen-bond donors (Lipinski definition) is 1. The van der Waals surface area contributed by atoms with Crippen molar-refractivity contribution in [2.24, 2.45) is 0 Å². The zero-order valence-electron chi connectivity index (χ0n) is 20.4. The van der Waals surface area contributed by atoms with E-state index in [1.807, 2.05) is 30.1 Å². The molecule has 0 bridgehead atoms. The van der Waals surface area contributed by atoms with E-state index in [0.717, 1.165) is 31.2 Å². The quantitative estimate of drug-likeness (QED) is 0.547. The SMILES string of the molecule is COc1ccc(CN(C)CC(=O)Nc2ccc(S(=O)(=O)N(C)C3CCCCC3)cc2)c(OC)c1. The van der Waals surface area contributed by atoms with Gasteiger partial charge in [-0.3, -0.25) is 9.69 Å². The second-order valence-electron chi connectivity index (χ2n) is 8.74. The van der Waals surface area contributed by atoms with E-state index < -0.39 is 10.0 Å². The van der Waals surface area contributed by atoms with Gasteiger partial charge in [0.25, 0.3) is 0 Å². The predicted octanol–water partition coefficient (Wildman–Crippen LogP) is 3.73. The Bertz CT molecular complexity index is 1070. The van der Waals surface area contributed by atoms with Gasteiger partial charge in [-0.25, -0.2) is 8.42 Å². The van der Waals surface area contributed by atoms with Gasteiger partial charge in [0.1, 0.15) is 11.5 Å². The van der Waals surface area contributed by atoms with Crippen molar-refractivity contribution in [1.29, 1.82) is 0 Å². The van der Waals surface area contributed by atoms with Crippen molar-refractivity contribution in [3.8, 4) is 11.5 Å². The minimum atomic E-state index is -3.56. The van der Waals surface area contributed by atoms with Crippen molar-refractivity contribution in [3.05, 3.63) is 48.0 Å². The van der Waals surface area contributed by atoms with Crippen LogP contribution in [0.3, 0.4) is 0 Å². The van der Waals surface area contributed by atoms with E-state index in [-0.39, 0.29) is 23.4 Å². The number of anilines is 1. The molecule has 0 atom stereocenters. The van der Waals surface area contributed by atoms with Crippen LogP contribution >= 0.6 is 0 Å². The van der Waals surface area contributed by atoms with Crippen molar-refractivity contribution < 1.29 is 22.7 Å². The first-order valence-corrected chi connectivity index (χ1v) is 13.0. The van der Waals surface area contributed by atoms with Crippen LogP contribution in [0.25, 0.3) is 0 Å². The Labute approximate surface area is 202 Å². The number of rotatable bonds is 10. The number of ether oxygens (including phenoxy) is 2. The van der Waals surface area contributed by atoms with Crippen molar-refractivity contribution >= 4 is 21.6 Å². The third-order valence-electron chi connectivity index (χ3n) is 6.25. The van der Waals surface area contributed by atoms with Gasteiger partial charge in [0.15, 0.2) is 0 Å². The smallest absolute Gasteiger partial charge is 0.243 e. The number of likely N-dealkylation sites (N-methyl/N-ethyl adjacent to an activating group) is 1. The Balaban J connectivity index is 1.57. The summed E-state index contributed by atoms with van der Waals surface area (Å²) in [6.45, 7) is 0.685. The first-order chi connectivity index (χ1) is 16.2. The van der Waals surface area contributed by atoms with Crippen LogP contribution in [0, 0.1) is 0 Å². The van der Waals surface area contributed by atoms with E-state index >= 15 is 0 Å². The van der Waals surface area contributed by atoms with Crippen molar-refractivity contribution in [1.82, 2.24) is 9.21 Å². The fourth-order valence-electron chi connectivity index (χ4n) is 4.29. The molecule has 0 heterocycles. The molecule has 3 rings (SSSR count). The highest BCUT2D eigenvalue weighted by atomic mass is 32.2. The molecule has 0 spiro atoms. The van der Waals surface area contributed by atoms with Gasteiger partial charge in [-0.05, 0) is 50.2 Å². The molecule has 1 aliphatic carbocycles. The maximum absolute atomic E-state index is 13.0. The zero-order valence-corrected chi connectivity index (χ0v) is 21.2. The van der Waals surface area contributed by atoms with Gasteiger partial charge in [-0.15, -0.1) is 0 Å². The fourth-order valence-corrected chi connectivity index (χ4v) is 5.71. The molecule has 9 heteroatoms. The van der Waals surface area contributed by atoms with Crippen LogP contribution in [-0.4, -0.2) is 64.4 Å². The van der Waals surface area contributed by atoms with Crippen molar-refractivity contribution in [2.45, 2.75) is 49.6 Å². The van der Waals surface area contributed by atoms with Gasteiger partial charge >= 0.3 is 0 Å². The number of sulfonamides is 1. The molecule has 0 unspecified atom stereocenters. The Hall–Kier alpha value is -2.62. The van der Waals surface area contributed by atoms with Crippen LogP contribution in [0.2, 0.25) is 0 Å². The summed E-state index contributed by atoms with van der Waals surface area (Å²) in [4.78, 5) is 14.6. The van der Waals surface area contributed by atoms with Gasteiger partial charge in [0.05, 0.1) is 25.7 Å². The number of carbonyl (C=O) groups is 1. The van der Waals surface area contributed by atoms with E-state index in [1.54, 1.807) is 45.5 Å². The molecule has 2 aromatic rings. The Kier molecular flexibility index (Phi) is 8.93. The van der Waals surface area contributed by atoms with Crippen molar-refractivity contribution in [3.63, 3.8) is 0 Å². The number of nitrogens with zero attached hydrogens (tertiary/aromatic N) is 2. The highest BCUT2D eigenvalue weighted by molar-refractivity contribution is 7.89. The van der Waals surface area contributed by atoms with E-state index in [4.69, 9.17) is 9.47 Å². The molecule has 0 aliphatic heterocycles. The predicted molar refractivity (Wildman–Crippen MR) is 133 cm³/mol.